The number of hydrogen-bond acceptors (Lipinski definition) is 3. The standard InChI is InChI=1S/C9H7F8N3S/c1-18-6-19-4(7(10,11)9(15,16)17)3(8(12,13)14)5(21)20(6)2/h1-2H3,(H,18,19). The Balaban J connectivity index is 3.89. The predicted molar refractivity (Wildman–Crippen MR) is 58.5 cm³/mol. The molecule has 0 aliphatic heterocycles. The summed E-state index contributed by atoms with van der Waals surface area (Å²) >= 11 is 4.34. The van der Waals surface area contributed by atoms with E-state index >= 15 is 0 Å². The Morgan fingerprint density at radius 1 is 1.05 bits per heavy atom. The second-order valence-corrected chi connectivity index (χ2v) is 4.23. The molecular formula is C9H7F8N3S. The molecule has 0 radical (unpaired) electrons. The second-order valence-electron chi connectivity index (χ2n) is 3.84. The molecule has 0 aliphatic carbocycles. The lowest BCUT2D eigenvalue weighted by Crippen LogP contribution is -2.37. The summed E-state index contributed by atoms with van der Waals surface area (Å²) in [6, 6.07) is 0. The van der Waals surface area contributed by atoms with Crippen molar-refractivity contribution in [1.82, 2.24) is 9.55 Å². The van der Waals surface area contributed by atoms with Crippen LogP contribution < -0.4 is 5.32 Å². The van der Waals surface area contributed by atoms with Crippen LogP contribution in [0.1, 0.15) is 11.3 Å². The van der Waals surface area contributed by atoms with Gasteiger partial charge in [-0.25, -0.2) is 4.98 Å². The van der Waals surface area contributed by atoms with E-state index in [9.17, 15) is 35.1 Å². The third kappa shape index (κ3) is 2.94. The fourth-order valence-corrected chi connectivity index (χ4v) is 1.74. The van der Waals surface area contributed by atoms with Crippen LogP contribution in [0.5, 0.6) is 0 Å². The summed E-state index contributed by atoms with van der Waals surface area (Å²) in [5.41, 5.74) is -4.77. The zero-order chi connectivity index (χ0) is 16.8. The van der Waals surface area contributed by atoms with E-state index in [1.807, 2.05) is 0 Å². The lowest BCUT2D eigenvalue weighted by Gasteiger charge is -2.24. The number of rotatable bonds is 2. The molecule has 21 heavy (non-hydrogen) atoms. The first-order valence-corrected chi connectivity index (χ1v) is 5.47. The highest BCUT2D eigenvalue weighted by molar-refractivity contribution is 7.71. The van der Waals surface area contributed by atoms with E-state index in [-0.39, 0.29) is 0 Å². The zero-order valence-corrected chi connectivity index (χ0v) is 11.1. The lowest BCUT2D eigenvalue weighted by atomic mass is 10.1. The first-order chi connectivity index (χ1) is 9.25. The maximum absolute atomic E-state index is 13.3. The van der Waals surface area contributed by atoms with Crippen molar-refractivity contribution in [2.45, 2.75) is 18.3 Å². The van der Waals surface area contributed by atoms with Gasteiger partial charge in [-0.2, -0.15) is 35.1 Å². The van der Waals surface area contributed by atoms with Crippen LogP contribution in [-0.2, 0) is 19.1 Å². The minimum atomic E-state index is -6.24. The fraction of sp³-hybridized carbons (Fsp3) is 0.556. The van der Waals surface area contributed by atoms with Gasteiger partial charge in [-0.15, -0.1) is 0 Å². The summed E-state index contributed by atoms with van der Waals surface area (Å²) in [5.74, 6) is -6.46. The molecule has 0 aliphatic rings. The van der Waals surface area contributed by atoms with E-state index in [2.05, 4.69) is 22.5 Å². The molecule has 12 heteroatoms. The van der Waals surface area contributed by atoms with Gasteiger partial charge in [-0.1, -0.05) is 12.2 Å². The van der Waals surface area contributed by atoms with Crippen LogP contribution >= 0.6 is 12.2 Å². The molecule has 1 aromatic heterocycles. The lowest BCUT2D eigenvalue weighted by molar-refractivity contribution is -0.292. The van der Waals surface area contributed by atoms with Crippen molar-refractivity contribution in [2.75, 3.05) is 12.4 Å². The Labute approximate surface area is 117 Å². The normalized spacial score (nSPS) is 13.4. The minimum absolute atomic E-state index is 0.550. The quantitative estimate of drug-likeness (QED) is 0.654. The van der Waals surface area contributed by atoms with Gasteiger partial charge in [-0.05, 0) is 0 Å². The van der Waals surface area contributed by atoms with Crippen LogP contribution in [0.15, 0.2) is 0 Å². The van der Waals surface area contributed by atoms with Gasteiger partial charge in [0.1, 0.15) is 15.9 Å². The Morgan fingerprint density at radius 3 is 1.86 bits per heavy atom. The zero-order valence-electron chi connectivity index (χ0n) is 10.3. The molecule has 1 N–H and O–H groups in total. The Morgan fingerprint density at radius 2 is 1.52 bits per heavy atom. The van der Waals surface area contributed by atoms with E-state index in [1.165, 1.54) is 0 Å². The summed E-state index contributed by atoms with van der Waals surface area (Å²) in [6.45, 7) is 0. The number of nitrogens with one attached hydrogen (secondary N) is 1. The summed E-state index contributed by atoms with van der Waals surface area (Å²) in [6.07, 6.45) is -11.8. The van der Waals surface area contributed by atoms with Gasteiger partial charge in [0.25, 0.3) is 0 Å². The number of hydrogen-bond donors (Lipinski definition) is 1. The van der Waals surface area contributed by atoms with Gasteiger partial charge in [0.05, 0.1) is 0 Å². The molecule has 0 spiro atoms. The van der Waals surface area contributed by atoms with Gasteiger partial charge in [-0.3, -0.25) is 0 Å². The Hall–Kier alpha value is -1.46. The maximum Gasteiger partial charge on any atom is 0.459 e. The van der Waals surface area contributed by atoms with E-state index in [4.69, 9.17) is 0 Å². The number of halogens is 8. The maximum atomic E-state index is 13.3. The minimum Gasteiger partial charge on any atom is -0.359 e. The van der Waals surface area contributed by atoms with Crippen LogP contribution in [0, 0.1) is 4.64 Å². The smallest absolute Gasteiger partial charge is 0.359 e. The molecule has 0 atom stereocenters. The van der Waals surface area contributed by atoms with E-state index in [0.717, 1.165) is 14.1 Å². The van der Waals surface area contributed by atoms with Crippen molar-refractivity contribution in [1.29, 1.82) is 0 Å². The molecule has 1 heterocycles. The Bertz CT molecular complexity index is 601. The van der Waals surface area contributed by atoms with Crippen molar-refractivity contribution in [3.63, 3.8) is 0 Å². The van der Waals surface area contributed by atoms with Crippen LogP contribution in [0.25, 0.3) is 0 Å². The van der Waals surface area contributed by atoms with Crippen molar-refractivity contribution in [3.8, 4) is 0 Å². The SMILES string of the molecule is CNc1nc(C(F)(F)C(F)(F)F)c(C(F)(F)F)c(=S)n1C. The van der Waals surface area contributed by atoms with Gasteiger partial charge in [0.2, 0.25) is 5.95 Å². The summed E-state index contributed by atoms with van der Waals surface area (Å²) in [4.78, 5) is 2.75. The topological polar surface area (TPSA) is 29.9 Å². The van der Waals surface area contributed by atoms with Crippen molar-refractivity contribution < 1.29 is 35.1 Å². The van der Waals surface area contributed by atoms with E-state index < -0.39 is 40.1 Å². The fourth-order valence-electron chi connectivity index (χ4n) is 1.44. The van der Waals surface area contributed by atoms with Gasteiger partial charge < -0.3 is 9.88 Å². The molecule has 0 bridgehead atoms. The molecule has 0 fully saturated rings. The van der Waals surface area contributed by atoms with Crippen molar-refractivity contribution in [2.24, 2.45) is 7.05 Å². The van der Waals surface area contributed by atoms with Gasteiger partial charge in [0.15, 0.2) is 0 Å². The first kappa shape index (κ1) is 17.6. The molecular weight excluding hydrogens is 334 g/mol. The highest BCUT2D eigenvalue weighted by Gasteiger charge is 2.63. The molecule has 0 amide bonds. The number of nitrogens with zero attached hydrogens (tertiary/aromatic N) is 2. The highest BCUT2D eigenvalue weighted by Crippen LogP contribution is 2.47. The molecule has 120 valence electrons. The predicted octanol–water partition coefficient (Wildman–Crippen LogP) is 3.86. The molecule has 0 saturated carbocycles. The summed E-state index contributed by atoms with van der Waals surface area (Å²) in [7, 11) is 2.03. The number of alkyl halides is 8. The number of anilines is 1. The average Bonchev–Trinajstić information content (AvgIpc) is 2.28. The summed E-state index contributed by atoms with van der Waals surface area (Å²) < 4.78 is 101. The third-order valence-corrected chi connectivity index (χ3v) is 2.93. The highest BCUT2D eigenvalue weighted by atomic mass is 32.1. The molecule has 3 nitrogen and oxygen atoms in total. The molecule has 0 saturated heterocycles. The Kier molecular flexibility index (Phi) is 4.25. The monoisotopic (exact) mass is 341 g/mol. The van der Waals surface area contributed by atoms with E-state index in [1.54, 1.807) is 0 Å². The molecule has 1 aromatic rings. The molecule has 0 unspecified atom stereocenters. The van der Waals surface area contributed by atoms with Gasteiger partial charge >= 0.3 is 18.3 Å². The van der Waals surface area contributed by atoms with Gasteiger partial charge in [0, 0.05) is 14.1 Å². The van der Waals surface area contributed by atoms with Crippen molar-refractivity contribution >= 4 is 18.2 Å². The third-order valence-electron chi connectivity index (χ3n) is 2.45. The van der Waals surface area contributed by atoms with Crippen LogP contribution in [0.2, 0.25) is 0 Å². The molecule has 1 rings (SSSR count). The largest absolute Gasteiger partial charge is 0.459 e. The first-order valence-electron chi connectivity index (χ1n) is 5.06. The van der Waals surface area contributed by atoms with Crippen LogP contribution in [0.3, 0.4) is 0 Å². The van der Waals surface area contributed by atoms with Crippen molar-refractivity contribution in [3.05, 3.63) is 15.9 Å². The average molecular weight is 341 g/mol. The second kappa shape index (κ2) is 5.07. The number of aromatic nitrogens is 2. The van der Waals surface area contributed by atoms with Crippen LogP contribution in [0.4, 0.5) is 41.1 Å². The van der Waals surface area contributed by atoms with E-state index in [0.29, 0.717) is 4.57 Å². The molecule has 0 aromatic carbocycles. The van der Waals surface area contributed by atoms with Crippen LogP contribution in [-0.4, -0.2) is 22.8 Å². The summed E-state index contributed by atoms with van der Waals surface area (Å²) in [5, 5.41) is 2.10.